The molecule has 1 aromatic heterocycles. The molecule has 9 aromatic carbocycles. The van der Waals surface area contributed by atoms with Crippen LogP contribution in [0.25, 0.3) is 74.7 Å². The zero-order valence-electron chi connectivity index (χ0n) is 31.3. The van der Waals surface area contributed by atoms with E-state index in [1.165, 1.54) is 124 Å². The first kappa shape index (κ1) is 33.1. The summed E-state index contributed by atoms with van der Waals surface area (Å²) in [7, 11) is 0. The Labute approximate surface area is 332 Å². The van der Waals surface area contributed by atoms with Gasteiger partial charge >= 0.3 is 0 Å². The predicted octanol–water partition coefficient (Wildman–Crippen LogP) is 16.4. The standard InChI is InChI=1S/C54H41NS/c1-2-15-36(16-3-1)43-26-11-18-38-19-12-28-47(53(38)43)46-23-6-8-29-49(46)55(50-30-14-32-52-54(50)48-24-7-9-31-51(48)56-52)40-21-10-20-39(35-40)42-25-13-27-44-41-22-5-4-17-37(41)33-34-45(42)44/h4-14,17-36H,1-3,15-16H2. The zero-order chi connectivity index (χ0) is 37.0. The maximum Gasteiger partial charge on any atom is 0.0555 e. The summed E-state index contributed by atoms with van der Waals surface area (Å²) in [5, 5.41) is 10.4. The molecule has 0 amide bonds. The van der Waals surface area contributed by atoms with Crippen molar-refractivity contribution >= 4 is 80.9 Å². The zero-order valence-corrected chi connectivity index (χ0v) is 32.1. The fraction of sp³-hybridized carbons (Fsp3) is 0.111. The van der Waals surface area contributed by atoms with E-state index in [-0.39, 0.29) is 0 Å². The summed E-state index contributed by atoms with van der Waals surface area (Å²) >= 11 is 1.88. The monoisotopic (exact) mass is 735 g/mol. The van der Waals surface area contributed by atoms with Gasteiger partial charge in [-0.2, -0.15) is 0 Å². The molecule has 10 aromatic rings. The largest absolute Gasteiger partial charge is 0.309 e. The maximum absolute atomic E-state index is 2.54. The summed E-state index contributed by atoms with van der Waals surface area (Å²) in [6.45, 7) is 0. The van der Waals surface area contributed by atoms with Gasteiger partial charge in [0.25, 0.3) is 0 Å². The van der Waals surface area contributed by atoms with Gasteiger partial charge in [0.1, 0.15) is 0 Å². The van der Waals surface area contributed by atoms with Crippen molar-refractivity contribution in [1.82, 2.24) is 0 Å². The Balaban J connectivity index is 1.17. The van der Waals surface area contributed by atoms with E-state index in [2.05, 4.69) is 187 Å². The Morgan fingerprint density at radius 2 is 1.07 bits per heavy atom. The van der Waals surface area contributed by atoms with Crippen molar-refractivity contribution in [3.8, 4) is 22.3 Å². The lowest BCUT2D eigenvalue weighted by molar-refractivity contribution is 0.445. The molecule has 0 N–H and O–H groups in total. The van der Waals surface area contributed by atoms with Crippen LogP contribution in [0.1, 0.15) is 43.6 Å². The lowest BCUT2D eigenvalue weighted by Crippen LogP contribution is -2.12. The van der Waals surface area contributed by atoms with Crippen LogP contribution >= 0.6 is 11.3 Å². The first-order valence-corrected chi connectivity index (χ1v) is 20.9. The molecule has 1 fully saturated rings. The van der Waals surface area contributed by atoms with E-state index in [4.69, 9.17) is 0 Å². The van der Waals surface area contributed by atoms with Crippen LogP contribution in [0.5, 0.6) is 0 Å². The van der Waals surface area contributed by atoms with Gasteiger partial charge in [-0.1, -0.05) is 165 Å². The molecule has 0 saturated heterocycles. The van der Waals surface area contributed by atoms with E-state index in [1.54, 1.807) is 0 Å². The summed E-state index contributed by atoms with van der Waals surface area (Å²) < 4.78 is 2.61. The number of thiophene rings is 1. The third-order valence-electron chi connectivity index (χ3n) is 12.2. The average molecular weight is 736 g/mol. The molecule has 1 nitrogen and oxygen atoms in total. The first-order valence-electron chi connectivity index (χ1n) is 20.1. The van der Waals surface area contributed by atoms with Crippen LogP contribution in [-0.2, 0) is 0 Å². The minimum atomic E-state index is 0.595. The van der Waals surface area contributed by atoms with Crippen molar-refractivity contribution in [3.63, 3.8) is 0 Å². The molecule has 0 radical (unpaired) electrons. The summed E-state index contributed by atoms with van der Waals surface area (Å²) in [5.74, 6) is 0.595. The minimum absolute atomic E-state index is 0.595. The average Bonchev–Trinajstić information content (AvgIpc) is 3.66. The van der Waals surface area contributed by atoms with E-state index >= 15 is 0 Å². The molecule has 1 aliphatic carbocycles. The fourth-order valence-corrected chi connectivity index (χ4v) is 10.8. The number of rotatable bonds is 6. The van der Waals surface area contributed by atoms with Gasteiger partial charge in [0.15, 0.2) is 0 Å². The summed E-state index contributed by atoms with van der Waals surface area (Å²) in [5.41, 5.74) is 10.0. The van der Waals surface area contributed by atoms with Crippen LogP contribution in [0.4, 0.5) is 17.1 Å². The maximum atomic E-state index is 2.54. The van der Waals surface area contributed by atoms with Gasteiger partial charge in [0.2, 0.25) is 0 Å². The molecule has 268 valence electrons. The van der Waals surface area contributed by atoms with E-state index in [0.717, 1.165) is 5.69 Å². The lowest BCUT2D eigenvalue weighted by atomic mass is 9.80. The summed E-state index contributed by atoms with van der Waals surface area (Å²) in [6.07, 6.45) is 6.52. The molecule has 1 aliphatic rings. The molecule has 0 bridgehead atoms. The molecule has 56 heavy (non-hydrogen) atoms. The Bertz CT molecular complexity index is 3090. The van der Waals surface area contributed by atoms with Crippen LogP contribution < -0.4 is 4.90 Å². The Kier molecular flexibility index (Phi) is 8.18. The SMILES string of the molecule is c1cc(-c2cccc3c2ccc2ccccc23)cc(N(c2ccccc2-c2cccc3cccc(C4CCCCC4)c23)c2cccc3sc4ccccc4c23)c1. The number of fused-ring (bicyclic) bond motifs is 7. The van der Waals surface area contributed by atoms with E-state index in [1.807, 2.05) is 11.3 Å². The van der Waals surface area contributed by atoms with Crippen molar-refractivity contribution in [2.45, 2.75) is 38.0 Å². The highest BCUT2D eigenvalue weighted by molar-refractivity contribution is 7.26. The van der Waals surface area contributed by atoms with E-state index in [9.17, 15) is 0 Å². The molecule has 1 saturated carbocycles. The third kappa shape index (κ3) is 5.51. The van der Waals surface area contributed by atoms with E-state index in [0.29, 0.717) is 5.92 Å². The fourth-order valence-electron chi connectivity index (χ4n) is 9.70. The van der Waals surface area contributed by atoms with Crippen LogP contribution in [0.15, 0.2) is 182 Å². The minimum Gasteiger partial charge on any atom is -0.309 e. The number of para-hydroxylation sites is 1. The number of hydrogen-bond donors (Lipinski definition) is 0. The quantitative estimate of drug-likeness (QED) is 0.154. The number of hydrogen-bond acceptors (Lipinski definition) is 2. The van der Waals surface area contributed by atoms with Crippen molar-refractivity contribution in [2.75, 3.05) is 4.90 Å². The second-order valence-electron chi connectivity index (χ2n) is 15.4. The molecule has 2 heteroatoms. The van der Waals surface area contributed by atoms with Crippen LogP contribution in [-0.4, -0.2) is 0 Å². The highest BCUT2D eigenvalue weighted by Crippen LogP contribution is 2.49. The first-order chi connectivity index (χ1) is 27.8. The van der Waals surface area contributed by atoms with Gasteiger partial charge in [-0.25, -0.2) is 0 Å². The Morgan fingerprint density at radius 1 is 0.411 bits per heavy atom. The molecule has 0 aliphatic heterocycles. The Morgan fingerprint density at radius 3 is 2.00 bits per heavy atom. The highest BCUT2D eigenvalue weighted by Gasteiger charge is 2.24. The molecular formula is C54H41NS. The lowest BCUT2D eigenvalue weighted by Gasteiger charge is -2.30. The molecule has 0 atom stereocenters. The summed E-state index contributed by atoms with van der Waals surface area (Å²) in [6, 6.07) is 68.0. The van der Waals surface area contributed by atoms with Gasteiger partial charge < -0.3 is 4.90 Å². The molecular weight excluding hydrogens is 695 g/mol. The van der Waals surface area contributed by atoms with Gasteiger partial charge in [-0.15, -0.1) is 11.3 Å². The van der Waals surface area contributed by atoms with Crippen LogP contribution in [0, 0.1) is 0 Å². The predicted molar refractivity (Wildman–Crippen MR) is 243 cm³/mol. The van der Waals surface area contributed by atoms with Gasteiger partial charge in [-0.3, -0.25) is 0 Å². The Hall–Kier alpha value is -6.22. The van der Waals surface area contributed by atoms with E-state index < -0.39 is 0 Å². The second-order valence-corrected chi connectivity index (χ2v) is 16.5. The van der Waals surface area contributed by atoms with Crippen molar-refractivity contribution in [2.24, 2.45) is 0 Å². The topological polar surface area (TPSA) is 3.24 Å². The smallest absolute Gasteiger partial charge is 0.0555 e. The molecule has 11 rings (SSSR count). The number of benzene rings is 9. The third-order valence-corrected chi connectivity index (χ3v) is 13.4. The second kappa shape index (κ2) is 13.8. The van der Waals surface area contributed by atoms with Gasteiger partial charge in [0.05, 0.1) is 11.4 Å². The van der Waals surface area contributed by atoms with Crippen molar-refractivity contribution in [3.05, 3.63) is 188 Å². The van der Waals surface area contributed by atoms with Crippen molar-refractivity contribution in [1.29, 1.82) is 0 Å². The number of nitrogens with zero attached hydrogens (tertiary/aromatic N) is 1. The van der Waals surface area contributed by atoms with Crippen LogP contribution in [0.3, 0.4) is 0 Å². The van der Waals surface area contributed by atoms with Crippen LogP contribution in [0.2, 0.25) is 0 Å². The van der Waals surface area contributed by atoms with Gasteiger partial charge in [-0.05, 0) is 110 Å². The molecule has 0 unspecified atom stereocenters. The normalized spacial score (nSPS) is 13.6. The molecule has 1 heterocycles. The highest BCUT2D eigenvalue weighted by atomic mass is 32.1. The molecule has 0 spiro atoms. The van der Waals surface area contributed by atoms with Crippen molar-refractivity contribution < 1.29 is 0 Å². The summed E-state index contributed by atoms with van der Waals surface area (Å²) in [4.78, 5) is 2.54. The van der Waals surface area contributed by atoms with Gasteiger partial charge in [0, 0.05) is 31.4 Å². The number of anilines is 3.